The van der Waals surface area contributed by atoms with Crippen molar-refractivity contribution in [1.29, 1.82) is 0 Å². The predicted octanol–water partition coefficient (Wildman–Crippen LogP) is 11.0. The van der Waals surface area contributed by atoms with Gasteiger partial charge in [0, 0.05) is 68.6 Å². The van der Waals surface area contributed by atoms with Gasteiger partial charge >= 0.3 is 0 Å². The van der Waals surface area contributed by atoms with Crippen LogP contribution in [0.2, 0.25) is 0 Å². The van der Waals surface area contributed by atoms with Crippen LogP contribution in [-0.4, -0.2) is 39.3 Å². The van der Waals surface area contributed by atoms with Crippen LogP contribution >= 0.6 is 11.3 Å². The molecule has 7 aromatic heterocycles. The third kappa shape index (κ3) is 5.13. The first-order chi connectivity index (χ1) is 27.3. The highest BCUT2D eigenvalue weighted by Gasteiger charge is 2.21. The second kappa shape index (κ2) is 12.6. The zero-order valence-corrected chi connectivity index (χ0v) is 30.0. The summed E-state index contributed by atoms with van der Waals surface area (Å²) in [5.74, 6) is 1.68. The number of aromatic nitrogens is 8. The zero-order chi connectivity index (χ0) is 36.3. The lowest BCUT2D eigenvalue weighted by Crippen LogP contribution is -1.98. The van der Waals surface area contributed by atoms with E-state index in [0.717, 1.165) is 93.5 Å². The molecule has 258 valence electrons. The minimum atomic E-state index is 0.839. The molecule has 0 aliphatic carbocycles. The fraction of sp³-hybridized carbons (Fsp3) is 0. The lowest BCUT2D eigenvalue weighted by atomic mass is 10.1. The maximum atomic E-state index is 5.12. The van der Waals surface area contributed by atoms with Gasteiger partial charge in [-0.1, -0.05) is 84.1 Å². The summed E-state index contributed by atoms with van der Waals surface area (Å²) in [4.78, 5) is 18.9. The molecule has 0 spiro atoms. The zero-order valence-electron chi connectivity index (χ0n) is 29.2. The van der Waals surface area contributed by atoms with Crippen LogP contribution in [0.4, 0.5) is 0 Å². The Kier molecular flexibility index (Phi) is 7.17. The van der Waals surface area contributed by atoms with Crippen molar-refractivity contribution in [2.75, 3.05) is 0 Å². The van der Waals surface area contributed by atoms with Crippen molar-refractivity contribution in [3.05, 3.63) is 170 Å². The quantitative estimate of drug-likeness (QED) is 0.170. The molecule has 11 aromatic rings. The van der Waals surface area contributed by atoms with Gasteiger partial charge in [-0.15, -0.1) is 10.2 Å². The van der Waals surface area contributed by atoms with Crippen LogP contribution in [0.3, 0.4) is 0 Å². The Morgan fingerprint density at radius 1 is 0.418 bits per heavy atom. The average Bonchev–Trinajstić information content (AvgIpc) is 3.97. The number of pyridine rings is 4. The normalized spacial score (nSPS) is 11.6. The van der Waals surface area contributed by atoms with Gasteiger partial charge in [-0.05, 0) is 72.8 Å². The maximum absolute atomic E-state index is 5.12. The molecule has 0 saturated heterocycles. The van der Waals surface area contributed by atoms with Gasteiger partial charge < -0.3 is 0 Å². The van der Waals surface area contributed by atoms with Crippen LogP contribution in [0.25, 0.3) is 98.9 Å². The molecule has 0 aliphatic heterocycles. The van der Waals surface area contributed by atoms with Crippen molar-refractivity contribution >= 4 is 54.9 Å². The molecule has 8 nitrogen and oxygen atoms in total. The van der Waals surface area contributed by atoms with E-state index in [1.807, 2.05) is 48.8 Å². The van der Waals surface area contributed by atoms with Gasteiger partial charge in [0.15, 0.2) is 0 Å². The van der Waals surface area contributed by atoms with Crippen molar-refractivity contribution < 1.29 is 0 Å². The molecule has 0 radical (unpaired) electrons. The smallest absolute Gasteiger partial charge is 0.148 e. The van der Waals surface area contributed by atoms with Crippen molar-refractivity contribution in [2.45, 2.75) is 0 Å². The SMILES string of the molecule is c1cncc(-c2cccc(-n3c4ccccc4c4ccc(-c5nnc(-c6cccc7c6c6ccccc6n7-c6cccc(-c7cccnc7)n6)s5)cc43)n2)c1. The number of hydrogen-bond donors (Lipinski definition) is 0. The van der Waals surface area contributed by atoms with Gasteiger partial charge in [-0.25, -0.2) is 9.97 Å². The van der Waals surface area contributed by atoms with Crippen molar-refractivity contribution in [3.8, 4) is 55.3 Å². The van der Waals surface area contributed by atoms with Crippen molar-refractivity contribution in [2.24, 2.45) is 0 Å². The van der Waals surface area contributed by atoms with E-state index in [9.17, 15) is 0 Å². The summed E-state index contributed by atoms with van der Waals surface area (Å²) in [6.45, 7) is 0. The summed E-state index contributed by atoms with van der Waals surface area (Å²) in [5, 5.41) is 15.9. The van der Waals surface area contributed by atoms with E-state index in [0.29, 0.717) is 0 Å². The number of fused-ring (bicyclic) bond motifs is 6. The molecule has 55 heavy (non-hydrogen) atoms. The summed E-state index contributed by atoms with van der Waals surface area (Å²) in [6, 6.07) is 50.1. The van der Waals surface area contributed by atoms with Crippen LogP contribution in [0.5, 0.6) is 0 Å². The Labute approximate surface area is 318 Å². The second-order valence-corrected chi connectivity index (χ2v) is 14.3. The topological polar surface area (TPSA) is 87.2 Å². The molecular formula is C46H28N8S. The van der Waals surface area contributed by atoms with Crippen molar-refractivity contribution in [1.82, 2.24) is 39.3 Å². The van der Waals surface area contributed by atoms with Gasteiger partial charge in [0.1, 0.15) is 21.7 Å². The lowest BCUT2D eigenvalue weighted by Gasteiger charge is -2.09. The molecule has 0 aliphatic rings. The Hall–Kier alpha value is -7.36. The lowest BCUT2D eigenvalue weighted by molar-refractivity contribution is 1.08. The molecule has 0 amide bonds. The fourth-order valence-electron chi connectivity index (χ4n) is 7.69. The van der Waals surface area contributed by atoms with Gasteiger partial charge in [-0.2, -0.15) is 0 Å². The first-order valence-corrected chi connectivity index (χ1v) is 18.8. The molecular weight excluding hydrogens is 697 g/mol. The third-order valence-electron chi connectivity index (χ3n) is 10.1. The molecule has 11 rings (SSSR count). The molecule has 0 unspecified atom stereocenters. The van der Waals surface area contributed by atoms with Gasteiger partial charge in [0.25, 0.3) is 0 Å². The number of nitrogens with zero attached hydrogens (tertiary/aromatic N) is 8. The third-order valence-corrected chi connectivity index (χ3v) is 11.1. The van der Waals surface area contributed by atoms with E-state index in [4.69, 9.17) is 20.2 Å². The molecule has 0 saturated carbocycles. The monoisotopic (exact) mass is 724 g/mol. The van der Waals surface area contributed by atoms with E-state index in [1.54, 1.807) is 23.7 Å². The summed E-state index contributed by atoms with van der Waals surface area (Å²) < 4.78 is 4.48. The molecule has 0 fully saturated rings. The molecule has 0 atom stereocenters. The highest BCUT2D eigenvalue weighted by atomic mass is 32.1. The highest BCUT2D eigenvalue weighted by molar-refractivity contribution is 7.18. The van der Waals surface area contributed by atoms with E-state index in [-0.39, 0.29) is 0 Å². The van der Waals surface area contributed by atoms with E-state index in [1.165, 1.54) is 5.39 Å². The van der Waals surface area contributed by atoms with Gasteiger partial charge in [0.2, 0.25) is 0 Å². The number of rotatable bonds is 6. The Bertz CT molecular complexity index is 3220. The standard InChI is InChI=1S/C46H28N8S/c1-3-17-38-32(12-1)33-23-22-29(26-41(33)54(38)43-21-7-16-37(50-43)31-11-9-25-48-28-31)45-51-52-46(55-45)35-14-5-19-40-44(35)34-13-2-4-18-39(34)53(40)42-20-6-15-36(49-42)30-10-8-24-47-27-30/h1-28H. The Morgan fingerprint density at radius 3 is 1.69 bits per heavy atom. The summed E-state index contributed by atoms with van der Waals surface area (Å²) in [6.07, 6.45) is 7.25. The first kappa shape index (κ1) is 31.2. The van der Waals surface area contributed by atoms with Crippen LogP contribution in [0, 0.1) is 0 Å². The number of para-hydroxylation sites is 2. The minimum Gasteiger partial charge on any atom is -0.294 e. The second-order valence-electron chi connectivity index (χ2n) is 13.3. The van der Waals surface area contributed by atoms with Gasteiger partial charge in [-0.3, -0.25) is 19.1 Å². The van der Waals surface area contributed by atoms with Crippen LogP contribution in [0.15, 0.2) is 170 Å². The largest absolute Gasteiger partial charge is 0.294 e. The molecule has 7 heterocycles. The summed E-state index contributed by atoms with van der Waals surface area (Å²) in [5.41, 5.74) is 9.98. The first-order valence-electron chi connectivity index (χ1n) is 17.9. The van der Waals surface area contributed by atoms with Crippen LogP contribution < -0.4 is 0 Å². The number of hydrogen-bond acceptors (Lipinski definition) is 7. The van der Waals surface area contributed by atoms with Crippen LogP contribution in [0.1, 0.15) is 0 Å². The molecule has 4 aromatic carbocycles. The Balaban J connectivity index is 1.04. The molecule has 0 N–H and O–H groups in total. The average molecular weight is 725 g/mol. The maximum Gasteiger partial charge on any atom is 0.148 e. The van der Waals surface area contributed by atoms with E-state index in [2.05, 4.69) is 128 Å². The van der Waals surface area contributed by atoms with Gasteiger partial charge in [0.05, 0.1) is 33.5 Å². The van der Waals surface area contributed by atoms with E-state index < -0.39 is 0 Å². The summed E-state index contributed by atoms with van der Waals surface area (Å²) >= 11 is 1.60. The predicted molar refractivity (Wildman–Crippen MR) is 222 cm³/mol. The minimum absolute atomic E-state index is 0.839. The molecule has 9 heteroatoms. The molecule has 0 bridgehead atoms. The highest BCUT2D eigenvalue weighted by Crippen LogP contribution is 2.41. The van der Waals surface area contributed by atoms with Crippen molar-refractivity contribution in [3.63, 3.8) is 0 Å². The van der Waals surface area contributed by atoms with E-state index >= 15 is 0 Å². The summed E-state index contributed by atoms with van der Waals surface area (Å²) in [7, 11) is 0. The fourth-order valence-corrected chi connectivity index (χ4v) is 8.56. The van der Waals surface area contributed by atoms with Crippen LogP contribution in [-0.2, 0) is 0 Å². The number of benzene rings is 4. The Morgan fingerprint density at radius 2 is 1.00 bits per heavy atom.